The normalized spacial score (nSPS) is 16.5. The summed E-state index contributed by atoms with van der Waals surface area (Å²) in [6.07, 6.45) is 2.59. The molecule has 0 saturated heterocycles. The van der Waals surface area contributed by atoms with Crippen molar-refractivity contribution in [3.8, 4) is 11.5 Å². The van der Waals surface area contributed by atoms with Gasteiger partial charge in [-0.05, 0) is 134 Å². The number of esters is 6. The molecule has 0 aromatic heterocycles. The molecule has 0 fully saturated rings. The van der Waals surface area contributed by atoms with E-state index in [1.165, 1.54) is 47.5 Å². The van der Waals surface area contributed by atoms with Gasteiger partial charge < -0.3 is 18.9 Å². The van der Waals surface area contributed by atoms with Gasteiger partial charge in [-0.3, -0.25) is 0 Å². The van der Waals surface area contributed by atoms with Gasteiger partial charge >= 0.3 is 35.8 Å². The third-order valence-electron chi connectivity index (χ3n) is 9.90. The number of cyclic esters (lactones) is 4. The van der Waals surface area contributed by atoms with Gasteiger partial charge in [0.15, 0.2) is 0 Å². The van der Waals surface area contributed by atoms with Crippen LogP contribution in [0.25, 0.3) is 5.57 Å². The zero-order valence-electron chi connectivity index (χ0n) is 29.2. The number of allylic oxidation sites excluding steroid dienone is 2. The Labute approximate surface area is 299 Å². The van der Waals surface area contributed by atoms with Crippen LogP contribution in [-0.2, 0) is 9.47 Å². The molecule has 10 nitrogen and oxygen atoms in total. The minimum Gasteiger partial charge on any atom is -0.423 e. The van der Waals surface area contributed by atoms with E-state index in [0.717, 1.165) is 47.1 Å². The molecule has 52 heavy (non-hydrogen) atoms. The molecule has 0 bridgehead atoms. The van der Waals surface area contributed by atoms with Gasteiger partial charge in [-0.15, -0.1) is 0 Å². The number of fused-ring (bicyclic) bond motifs is 2. The third kappa shape index (κ3) is 6.21. The van der Waals surface area contributed by atoms with Crippen molar-refractivity contribution in [3.05, 3.63) is 134 Å². The first kappa shape index (κ1) is 34.3. The van der Waals surface area contributed by atoms with E-state index >= 15 is 0 Å². The van der Waals surface area contributed by atoms with Crippen LogP contribution in [0.2, 0.25) is 0 Å². The van der Waals surface area contributed by atoms with Crippen molar-refractivity contribution in [2.24, 2.45) is 0 Å². The maximum atomic E-state index is 13.1. The van der Waals surface area contributed by atoms with Crippen LogP contribution in [-0.4, -0.2) is 35.8 Å². The molecule has 0 saturated carbocycles. The molecule has 3 aliphatic rings. The van der Waals surface area contributed by atoms with Crippen LogP contribution < -0.4 is 9.47 Å². The molecular formula is C42H34O10. The highest BCUT2D eigenvalue weighted by atomic mass is 16.6. The summed E-state index contributed by atoms with van der Waals surface area (Å²) in [5.74, 6) is -3.12. The molecule has 10 heteroatoms. The summed E-state index contributed by atoms with van der Waals surface area (Å²) in [6.45, 7) is 10.00. The molecule has 0 radical (unpaired) electrons. The highest BCUT2D eigenvalue weighted by Crippen LogP contribution is 2.43. The molecule has 2 aliphatic heterocycles. The van der Waals surface area contributed by atoms with E-state index in [2.05, 4.69) is 34.6 Å². The molecule has 7 rings (SSSR count). The fraction of sp³-hybridized carbons (Fsp3) is 0.238. The van der Waals surface area contributed by atoms with E-state index in [-0.39, 0.29) is 45.2 Å². The maximum absolute atomic E-state index is 13.1. The molecule has 2 heterocycles. The molecule has 0 N–H and O–H groups in total. The fourth-order valence-corrected chi connectivity index (χ4v) is 7.20. The van der Waals surface area contributed by atoms with Gasteiger partial charge in [-0.1, -0.05) is 37.6 Å². The topological polar surface area (TPSA) is 139 Å². The second-order valence-corrected chi connectivity index (χ2v) is 13.7. The van der Waals surface area contributed by atoms with Crippen LogP contribution in [0.1, 0.15) is 142 Å². The predicted octanol–water partition coefficient (Wildman–Crippen LogP) is 8.23. The minimum absolute atomic E-state index is 0.0448. The monoisotopic (exact) mass is 698 g/mol. The summed E-state index contributed by atoms with van der Waals surface area (Å²) < 4.78 is 20.9. The number of ether oxygens (including phenoxy) is 4. The van der Waals surface area contributed by atoms with Crippen LogP contribution in [0.4, 0.5) is 0 Å². The summed E-state index contributed by atoms with van der Waals surface area (Å²) in [6, 6.07) is 18.3. The van der Waals surface area contributed by atoms with Crippen LogP contribution in [0.15, 0.2) is 72.3 Å². The van der Waals surface area contributed by atoms with Crippen LogP contribution in [0.5, 0.6) is 11.5 Å². The number of benzene rings is 4. The molecule has 262 valence electrons. The summed E-state index contributed by atoms with van der Waals surface area (Å²) in [5.41, 5.74) is 7.85. The molecule has 1 atom stereocenters. The summed E-state index contributed by atoms with van der Waals surface area (Å²) in [7, 11) is 0. The van der Waals surface area contributed by atoms with Gasteiger partial charge in [0.1, 0.15) is 11.5 Å². The largest absolute Gasteiger partial charge is 0.423 e. The van der Waals surface area contributed by atoms with Crippen LogP contribution in [0.3, 0.4) is 0 Å². The van der Waals surface area contributed by atoms with E-state index in [4.69, 9.17) is 9.47 Å². The number of hydrogen-bond acceptors (Lipinski definition) is 10. The van der Waals surface area contributed by atoms with Crippen molar-refractivity contribution in [1.82, 2.24) is 0 Å². The zero-order chi connectivity index (χ0) is 37.0. The van der Waals surface area contributed by atoms with Gasteiger partial charge in [0.05, 0.1) is 33.4 Å². The molecule has 4 aromatic rings. The average Bonchev–Trinajstić information content (AvgIpc) is 3.57. The summed E-state index contributed by atoms with van der Waals surface area (Å²) in [4.78, 5) is 73.7. The van der Waals surface area contributed by atoms with Crippen molar-refractivity contribution >= 4 is 41.4 Å². The molecular weight excluding hydrogens is 664 g/mol. The molecule has 1 aliphatic carbocycles. The number of carbonyl (C=O) groups is 6. The Morgan fingerprint density at radius 1 is 0.673 bits per heavy atom. The van der Waals surface area contributed by atoms with Crippen LogP contribution in [0, 0.1) is 13.8 Å². The zero-order valence-corrected chi connectivity index (χ0v) is 29.2. The standard InChI is InChI=1S/C42H34O10/c1-20(2)32-17-25(9-13-35(32)49-37(43)26-7-11-30-33(18-26)41(47)51-39(30)45)29-10-6-24(14-21(29)3)28-15-22(4)36(23(5)16-28)50-38(44)27-8-12-31-34(19-27)42(48)52-40(31)46/h7-9,11-13,15-20,24H,6,10,14H2,1-5H3. The van der Waals surface area contributed by atoms with Gasteiger partial charge in [0, 0.05) is 0 Å². The lowest BCUT2D eigenvalue weighted by molar-refractivity contribution is 0.0425. The summed E-state index contributed by atoms with van der Waals surface area (Å²) in [5, 5.41) is 0. The SMILES string of the molecule is CC1=C(c2ccc(OC(=O)c3ccc4c(c3)C(=O)OC4=O)c(C(C)C)c2)CCC(c2cc(C)c(OC(=O)c3ccc4c(c3)C(=O)OC4=O)c(C)c2)C1. The van der Waals surface area contributed by atoms with Crippen LogP contribution >= 0.6 is 0 Å². The third-order valence-corrected chi connectivity index (χ3v) is 9.90. The van der Waals surface area contributed by atoms with Gasteiger partial charge in [-0.25, -0.2) is 28.8 Å². The number of carbonyl (C=O) groups excluding carboxylic acids is 6. The first-order valence-corrected chi connectivity index (χ1v) is 17.0. The van der Waals surface area contributed by atoms with Crippen molar-refractivity contribution in [1.29, 1.82) is 0 Å². The molecule has 1 unspecified atom stereocenters. The highest BCUT2D eigenvalue weighted by Gasteiger charge is 2.32. The van der Waals surface area contributed by atoms with Crippen molar-refractivity contribution in [2.75, 3.05) is 0 Å². The van der Waals surface area contributed by atoms with Gasteiger partial charge in [-0.2, -0.15) is 0 Å². The van der Waals surface area contributed by atoms with E-state index in [1.807, 2.05) is 33.8 Å². The number of aryl methyl sites for hydroxylation is 2. The number of hydrogen-bond donors (Lipinski definition) is 0. The number of rotatable bonds is 7. The average molecular weight is 699 g/mol. The Morgan fingerprint density at radius 2 is 1.21 bits per heavy atom. The second-order valence-electron chi connectivity index (χ2n) is 13.7. The van der Waals surface area contributed by atoms with Crippen molar-refractivity contribution in [2.45, 2.75) is 65.7 Å². The Kier molecular flexibility index (Phi) is 8.70. The lowest BCUT2D eigenvalue weighted by Gasteiger charge is -2.28. The smallest absolute Gasteiger partial charge is 0.346 e. The quantitative estimate of drug-likeness (QED) is 0.105. The Morgan fingerprint density at radius 3 is 1.75 bits per heavy atom. The molecule has 0 spiro atoms. The second kappa shape index (κ2) is 13.2. The van der Waals surface area contributed by atoms with Gasteiger partial charge in [0.2, 0.25) is 0 Å². The lowest BCUT2D eigenvalue weighted by Crippen LogP contribution is -2.13. The van der Waals surface area contributed by atoms with E-state index in [9.17, 15) is 28.8 Å². The van der Waals surface area contributed by atoms with Gasteiger partial charge in [0.25, 0.3) is 0 Å². The van der Waals surface area contributed by atoms with Crippen molar-refractivity contribution in [3.63, 3.8) is 0 Å². The first-order chi connectivity index (χ1) is 24.8. The predicted molar refractivity (Wildman–Crippen MR) is 188 cm³/mol. The maximum Gasteiger partial charge on any atom is 0.346 e. The summed E-state index contributed by atoms with van der Waals surface area (Å²) >= 11 is 0. The Bertz CT molecular complexity index is 2280. The van der Waals surface area contributed by atoms with E-state index < -0.39 is 35.8 Å². The molecule has 0 amide bonds. The minimum atomic E-state index is -0.785. The Hall–Kier alpha value is -6.16. The fourth-order valence-electron chi connectivity index (χ4n) is 7.20. The van der Waals surface area contributed by atoms with Crippen molar-refractivity contribution < 1.29 is 47.7 Å². The molecule has 4 aromatic carbocycles. The van der Waals surface area contributed by atoms with E-state index in [0.29, 0.717) is 11.5 Å². The Balaban J connectivity index is 1.06. The highest BCUT2D eigenvalue weighted by molar-refractivity contribution is 6.16. The lowest BCUT2D eigenvalue weighted by atomic mass is 9.77. The first-order valence-electron chi connectivity index (χ1n) is 17.0. The van der Waals surface area contributed by atoms with E-state index in [1.54, 1.807) is 6.07 Å².